The van der Waals surface area contributed by atoms with Crippen molar-refractivity contribution in [1.82, 2.24) is 29.7 Å². The number of nitrogens with zero attached hydrogens (tertiary/aromatic N) is 6. The number of aliphatic imine (C=N–C) groups is 1. The summed E-state index contributed by atoms with van der Waals surface area (Å²) in [5.41, 5.74) is 9.24. The van der Waals surface area contributed by atoms with Crippen molar-refractivity contribution in [2.75, 3.05) is 19.6 Å². The standard InChI is InChI=1S/C37H45N7/c1-5-13-30(38-4)25-43(26-31-17-7-8-20-39-31)23-9-10-24-44(35-18-11-15-29-16-12-21-41-36(29)35)27-34-37-32(19-22-40-34)28(3)33(42-37)14-6-2/h5-8,12-14,16-17,19-22,35,42H,1,4,9-11,15,18,23-27H2,2-3H3/b14-6-,30-13-. The molecule has 5 rings (SSSR count). The minimum Gasteiger partial charge on any atom is -0.353 e. The maximum Gasteiger partial charge on any atom is 0.0784 e. The molecule has 0 radical (unpaired) electrons. The van der Waals surface area contributed by atoms with E-state index in [-0.39, 0.29) is 6.04 Å². The van der Waals surface area contributed by atoms with Crippen LogP contribution in [0.4, 0.5) is 0 Å². The Kier molecular flexibility index (Phi) is 11.0. The van der Waals surface area contributed by atoms with Gasteiger partial charge in [0, 0.05) is 49.3 Å². The smallest absolute Gasteiger partial charge is 0.0784 e. The number of allylic oxidation sites excluding steroid dienone is 3. The van der Waals surface area contributed by atoms with E-state index in [0.717, 1.165) is 80.2 Å². The van der Waals surface area contributed by atoms with Crippen molar-refractivity contribution >= 4 is 23.7 Å². The lowest BCUT2D eigenvalue weighted by Crippen LogP contribution is -2.33. The number of rotatable bonds is 15. The number of fused-ring (bicyclic) bond motifs is 2. The Morgan fingerprint density at radius 3 is 2.70 bits per heavy atom. The number of nitrogens with one attached hydrogen (secondary N) is 1. The van der Waals surface area contributed by atoms with E-state index in [2.05, 4.69) is 88.3 Å². The minimum absolute atomic E-state index is 0.278. The van der Waals surface area contributed by atoms with Crippen LogP contribution in [0.2, 0.25) is 0 Å². The van der Waals surface area contributed by atoms with Gasteiger partial charge in [-0.3, -0.25) is 29.7 Å². The van der Waals surface area contributed by atoms with Crippen molar-refractivity contribution in [1.29, 1.82) is 0 Å². The summed E-state index contributed by atoms with van der Waals surface area (Å²) < 4.78 is 0. The van der Waals surface area contributed by atoms with Crippen molar-refractivity contribution in [3.05, 3.63) is 119 Å². The lowest BCUT2D eigenvalue weighted by Gasteiger charge is -2.35. The molecule has 228 valence electrons. The number of aromatic amines is 1. The van der Waals surface area contributed by atoms with Crippen LogP contribution in [0.5, 0.6) is 0 Å². The normalized spacial score (nSPS) is 15.4. The Morgan fingerprint density at radius 1 is 1.05 bits per heavy atom. The highest BCUT2D eigenvalue weighted by atomic mass is 15.2. The molecule has 0 aliphatic heterocycles. The van der Waals surface area contributed by atoms with Crippen molar-refractivity contribution in [3.8, 4) is 0 Å². The molecular weight excluding hydrogens is 542 g/mol. The molecule has 0 fully saturated rings. The van der Waals surface area contributed by atoms with Crippen LogP contribution in [0, 0.1) is 6.92 Å². The van der Waals surface area contributed by atoms with Gasteiger partial charge < -0.3 is 4.98 Å². The van der Waals surface area contributed by atoms with E-state index in [1.807, 2.05) is 36.8 Å². The number of pyridine rings is 3. The predicted octanol–water partition coefficient (Wildman–Crippen LogP) is 7.63. The van der Waals surface area contributed by atoms with Crippen LogP contribution < -0.4 is 0 Å². The van der Waals surface area contributed by atoms with Gasteiger partial charge in [0.05, 0.1) is 34.3 Å². The maximum atomic E-state index is 4.91. The zero-order valence-electron chi connectivity index (χ0n) is 26.3. The van der Waals surface area contributed by atoms with Gasteiger partial charge in [-0.1, -0.05) is 30.9 Å². The summed E-state index contributed by atoms with van der Waals surface area (Å²) in [6, 6.07) is 12.8. The van der Waals surface area contributed by atoms with E-state index >= 15 is 0 Å². The summed E-state index contributed by atoms with van der Waals surface area (Å²) in [5, 5.41) is 1.24. The van der Waals surface area contributed by atoms with Gasteiger partial charge in [0.25, 0.3) is 0 Å². The number of H-pyrrole nitrogens is 1. The first-order valence-electron chi connectivity index (χ1n) is 15.8. The highest BCUT2D eigenvalue weighted by Gasteiger charge is 2.28. The van der Waals surface area contributed by atoms with E-state index < -0.39 is 0 Å². The summed E-state index contributed by atoms with van der Waals surface area (Å²) >= 11 is 0. The fourth-order valence-electron chi connectivity index (χ4n) is 6.37. The first-order valence-corrected chi connectivity index (χ1v) is 15.8. The second kappa shape index (κ2) is 15.5. The second-order valence-corrected chi connectivity index (χ2v) is 11.6. The third-order valence-electron chi connectivity index (χ3n) is 8.57. The SMILES string of the molecule is C=C/C=C(/CN(CCCCN(Cc1nccc2c(C)c(/C=C\C)[nH]c12)C1CCCc2cccnc21)Cc1ccccn1)N=C. The average molecular weight is 588 g/mol. The van der Waals surface area contributed by atoms with Crippen LogP contribution in [0.1, 0.15) is 72.6 Å². The van der Waals surface area contributed by atoms with E-state index in [9.17, 15) is 0 Å². The van der Waals surface area contributed by atoms with Crippen LogP contribution in [0.15, 0.2) is 90.5 Å². The zero-order valence-corrected chi connectivity index (χ0v) is 26.3. The van der Waals surface area contributed by atoms with Crippen molar-refractivity contribution in [2.24, 2.45) is 4.99 Å². The molecule has 4 heterocycles. The highest BCUT2D eigenvalue weighted by molar-refractivity contribution is 5.88. The minimum atomic E-state index is 0.278. The Balaban J connectivity index is 1.35. The molecule has 0 bridgehead atoms. The Bertz CT molecular complexity index is 1600. The molecular formula is C37H45N7. The fraction of sp³-hybridized carbons (Fsp3) is 0.351. The molecule has 1 atom stereocenters. The van der Waals surface area contributed by atoms with Gasteiger partial charge in [0.15, 0.2) is 0 Å². The molecule has 0 amide bonds. The summed E-state index contributed by atoms with van der Waals surface area (Å²) in [5.74, 6) is 0. The van der Waals surface area contributed by atoms with Gasteiger partial charge in [0.2, 0.25) is 0 Å². The third kappa shape index (κ3) is 7.65. The molecule has 0 saturated heterocycles. The van der Waals surface area contributed by atoms with Gasteiger partial charge >= 0.3 is 0 Å². The monoisotopic (exact) mass is 587 g/mol. The lowest BCUT2D eigenvalue weighted by molar-refractivity contribution is 0.157. The van der Waals surface area contributed by atoms with Gasteiger partial charge in [0.1, 0.15) is 0 Å². The topological polar surface area (TPSA) is 73.3 Å². The van der Waals surface area contributed by atoms with E-state index in [0.29, 0.717) is 6.54 Å². The highest BCUT2D eigenvalue weighted by Crippen LogP contribution is 2.35. The molecule has 4 aromatic heterocycles. The first kappa shape index (κ1) is 31.2. The van der Waals surface area contributed by atoms with Gasteiger partial charge in [-0.05, 0) is 113 Å². The molecule has 44 heavy (non-hydrogen) atoms. The average Bonchev–Trinajstić information content (AvgIpc) is 3.38. The molecule has 0 aromatic carbocycles. The molecule has 7 nitrogen and oxygen atoms in total. The quantitative estimate of drug-likeness (QED) is 0.0880. The Labute approximate surface area is 262 Å². The fourth-order valence-corrected chi connectivity index (χ4v) is 6.37. The second-order valence-electron chi connectivity index (χ2n) is 11.6. The summed E-state index contributed by atoms with van der Waals surface area (Å²) in [6.45, 7) is 16.0. The van der Waals surface area contributed by atoms with Crippen LogP contribution in [0.3, 0.4) is 0 Å². The van der Waals surface area contributed by atoms with Crippen molar-refractivity contribution < 1.29 is 0 Å². The largest absolute Gasteiger partial charge is 0.353 e. The lowest BCUT2D eigenvalue weighted by atomic mass is 9.90. The molecule has 0 spiro atoms. The molecule has 4 aromatic rings. The predicted molar refractivity (Wildman–Crippen MR) is 182 cm³/mol. The van der Waals surface area contributed by atoms with Crippen LogP contribution in [0.25, 0.3) is 17.0 Å². The number of aromatic nitrogens is 4. The van der Waals surface area contributed by atoms with Gasteiger partial charge in [-0.25, -0.2) is 0 Å². The number of unbranched alkanes of at least 4 members (excludes halogenated alkanes) is 1. The molecule has 1 aliphatic rings. The van der Waals surface area contributed by atoms with E-state index in [4.69, 9.17) is 9.97 Å². The van der Waals surface area contributed by atoms with Gasteiger partial charge in [-0.2, -0.15) is 0 Å². The van der Waals surface area contributed by atoms with Gasteiger partial charge in [-0.15, -0.1) is 0 Å². The third-order valence-corrected chi connectivity index (χ3v) is 8.57. The molecule has 7 heteroatoms. The van der Waals surface area contributed by atoms with Crippen molar-refractivity contribution in [3.63, 3.8) is 0 Å². The summed E-state index contributed by atoms with van der Waals surface area (Å²) in [4.78, 5) is 27.3. The number of hydrogen-bond acceptors (Lipinski definition) is 6. The summed E-state index contributed by atoms with van der Waals surface area (Å²) in [6.07, 6.45) is 19.2. The Morgan fingerprint density at radius 2 is 1.91 bits per heavy atom. The number of hydrogen-bond donors (Lipinski definition) is 1. The molecule has 1 N–H and O–H groups in total. The van der Waals surface area contributed by atoms with Crippen LogP contribution >= 0.6 is 0 Å². The molecule has 0 saturated carbocycles. The Hall–Kier alpha value is -4.20. The zero-order chi connectivity index (χ0) is 30.7. The maximum absolute atomic E-state index is 4.91. The van der Waals surface area contributed by atoms with E-state index in [1.165, 1.54) is 28.6 Å². The molecule has 1 unspecified atom stereocenters. The summed E-state index contributed by atoms with van der Waals surface area (Å²) in [7, 11) is 0. The number of aryl methyl sites for hydroxylation is 2. The van der Waals surface area contributed by atoms with Crippen LogP contribution in [-0.4, -0.2) is 56.1 Å². The molecule has 1 aliphatic carbocycles. The first-order chi connectivity index (χ1) is 21.6. The van der Waals surface area contributed by atoms with E-state index in [1.54, 1.807) is 6.08 Å². The van der Waals surface area contributed by atoms with Crippen molar-refractivity contribution in [2.45, 2.75) is 65.1 Å². The van der Waals surface area contributed by atoms with Crippen LogP contribution in [-0.2, 0) is 19.5 Å².